The third kappa shape index (κ3) is 4.56. The first-order valence-corrected chi connectivity index (χ1v) is 9.57. The molecule has 3 rings (SSSR count). The maximum Gasteiger partial charge on any atom is 0.320 e. The van der Waals surface area contributed by atoms with Crippen LogP contribution in [0.3, 0.4) is 0 Å². The molecule has 1 fully saturated rings. The highest BCUT2D eigenvalue weighted by Crippen LogP contribution is 2.30. The van der Waals surface area contributed by atoms with Crippen molar-refractivity contribution in [1.82, 2.24) is 20.0 Å². The van der Waals surface area contributed by atoms with Crippen LogP contribution in [0.2, 0.25) is 0 Å². The lowest BCUT2D eigenvalue weighted by Crippen LogP contribution is -2.56. The van der Waals surface area contributed by atoms with Crippen molar-refractivity contribution in [2.75, 3.05) is 52.4 Å². The molecule has 0 unspecified atom stereocenters. The molecular formula is C19H28N4O4. The quantitative estimate of drug-likeness (QED) is 0.867. The molecule has 0 bridgehead atoms. The third-order valence-electron chi connectivity index (χ3n) is 4.92. The summed E-state index contributed by atoms with van der Waals surface area (Å²) in [4.78, 5) is 30.1. The second-order valence-corrected chi connectivity index (χ2v) is 6.61. The first-order valence-electron chi connectivity index (χ1n) is 9.57. The molecule has 8 nitrogen and oxygen atoms in total. The van der Waals surface area contributed by atoms with Crippen LogP contribution in [0.1, 0.15) is 13.8 Å². The number of nitrogens with zero attached hydrogens (tertiary/aromatic N) is 3. The van der Waals surface area contributed by atoms with Gasteiger partial charge >= 0.3 is 12.1 Å². The fraction of sp³-hybridized carbons (Fsp3) is 0.579. The van der Waals surface area contributed by atoms with Crippen molar-refractivity contribution in [2.24, 2.45) is 0 Å². The summed E-state index contributed by atoms with van der Waals surface area (Å²) < 4.78 is 11.5. The Morgan fingerprint density at radius 2 is 1.70 bits per heavy atom. The van der Waals surface area contributed by atoms with E-state index in [-0.39, 0.29) is 18.2 Å². The Hall–Kier alpha value is -2.64. The molecule has 2 aliphatic rings. The minimum absolute atomic E-state index is 0.0477. The Bertz CT molecular complexity index is 657. The van der Waals surface area contributed by atoms with Gasteiger partial charge in [0.05, 0.1) is 6.54 Å². The first-order chi connectivity index (χ1) is 13.1. The molecule has 148 valence electrons. The van der Waals surface area contributed by atoms with Crippen LogP contribution in [-0.2, 0) is 0 Å². The molecule has 0 aliphatic carbocycles. The zero-order chi connectivity index (χ0) is 19.2. The van der Waals surface area contributed by atoms with Crippen LogP contribution < -0.4 is 14.8 Å². The molecule has 1 aromatic rings. The summed E-state index contributed by atoms with van der Waals surface area (Å²) >= 11 is 0. The number of hydrogen-bond acceptors (Lipinski definition) is 4. The number of benzene rings is 1. The molecule has 0 saturated carbocycles. The Morgan fingerprint density at radius 1 is 1.07 bits per heavy atom. The van der Waals surface area contributed by atoms with Crippen molar-refractivity contribution in [3.05, 3.63) is 24.3 Å². The fourth-order valence-electron chi connectivity index (χ4n) is 3.27. The average Bonchev–Trinajstić information content (AvgIpc) is 2.72. The van der Waals surface area contributed by atoms with Crippen molar-refractivity contribution < 1.29 is 19.1 Å². The molecule has 0 aromatic heterocycles. The van der Waals surface area contributed by atoms with E-state index >= 15 is 0 Å². The van der Waals surface area contributed by atoms with E-state index < -0.39 is 0 Å². The van der Waals surface area contributed by atoms with Crippen LogP contribution in [0.25, 0.3) is 0 Å². The maximum absolute atomic E-state index is 12.4. The summed E-state index contributed by atoms with van der Waals surface area (Å²) in [5.41, 5.74) is 0. The predicted octanol–water partition coefficient (Wildman–Crippen LogP) is 1.62. The number of hydrogen-bond donors (Lipinski definition) is 1. The molecule has 1 atom stereocenters. The Labute approximate surface area is 160 Å². The van der Waals surface area contributed by atoms with Gasteiger partial charge < -0.3 is 29.5 Å². The summed E-state index contributed by atoms with van der Waals surface area (Å²) in [6, 6.07) is 7.43. The van der Waals surface area contributed by atoms with Gasteiger partial charge in [-0.05, 0) is 26.0 Å². The SMILES string of the molecule is CCN(CC)C(=O)N1CCN(C(=O)NC[C@H]2COc3ccccc3O2)CC1. The van der Waals surface area contributed by atoms with Crippen molar-refractivity contribution in [2.45, 2.75) is 20.0 Å². The minimum Gasteiger partial charge on any atom is -0.486 e. The Morgan fingerprint density at radius 3 is 2.37 bits per heavy atom. The molecule has 1 N–H and O–H groups in total. The van der Waals surface area contributed by atoms with Gasteiger partial charge in [0.2, 0.25) is 0 Å². The van der Waals surface area contributed by atoms with E-state index in [4.69, 9.17) is 9.47 Å². The molecule has 1 aromatic carbocycles. The topological polar surface area (TPSA) is 74.4 Å². The van der Waals surface area contributed by atoms with E-state index in [2.05, 4.69) is 5.32 Å². The first kappa shape index (κ1) is 19.1. The summed E-state index contributed by atoms with van der Waals surface area (Å²) in [6.45, 7) is 8.30. The monoisotopic (exact) mass is 376 g/mol. The predicted molar refractivity (Wildman–Crippen MR) is 101 cm³/mol. The number of fused-ring (bicyclic) bond motifs is 1. The van der Waals surface area contributed by atoms with E-state index in [0.717, 1.165) is 5.75 Å². The van der Waals surface area contributed by atoms with Gasteiger partial charge in [-0.3, -0.25) is 0 Å². The van der Waals surface area contributed by atoms with Gasteiger partial charge in [0.25, 0.3) is 0 Å². The van der Waals surface area contributed by atoms with Crippen LogP contribution in [0.15, 0.2) is 24.3 Å². The second-order valence-electron chi connectivity index (χ2n) is 6.61. The Balaban J connectivity index is 1.42. The van der Waals surface area contributed by atoms with E-state index in [1.165, 1.54) is 0 Å². The molecule has 8 heteroatoms. The molecule has 0 radical (unpaired) electrons. The van der Waals surface area contributed by atoms with Gasteiger partial charge in [-0.1, -0.05) is 12.1 Å². The largest absolute Gasteiger partial charge is 0.486 e. The van der Waals surface area contributed by atoms with Gasteiger partial charge in [-0.25, -0.2) is 9.59 Å². The number of para-hydroxylation sites is 2. The second kappa shape index (κ2) is 8.83. The molecule has 4 amide bonds. The van der Waals surface area contributed by atoms with E-state index in [0.29, 0.717) is 58.2 Å². The number of nitrogens with one attached hydrogen (secondary N) is 1. The minimum atomic E-state index is -0.214. The van der Waals surface area contributed by atoms with Crippen LogP contribution in [-0.4, -0.2) is 85.3 Å². The number of amides is 4. The normalized spacial score (nSPS) is 18.8. The third-order valence-corrected chi connectivity index (χ3v) is 4.92. The van der Waals surface area contributed by atoms with Crippen LogP contribution >= 0.6 is 0 Å². The van der Waals surface area contributed by atoms with Crippen molar-refractivity contribution in [3.63, 3.8) is 0 Å². The number of rotatable bonds is 4. The van der Waals surface area contributed by atoms with Gasteiger partial charge in [0, 0.05) is 39.3 Å². The average molecular weight is 376 g/mol. The highest BCUT2D eigenvalue weighted by atomic mass is 16.6. The summed E-state index contributed by atoms with van der Waals surface area (Å²) in [5.74, 6) is 1.43. The molecular weight excluding hydrogens is 348 g/mol. The molecule has 2 aliphatic heterocycles. The maximum atomic E-state index is 12.4. The Kier molecular flexibility index (Phi) is 6.26. The van der Waals surface area contributed by atoms with E-state index in [1.54, 1.807) is 9.80 Å². The lowest BCUT2D eigenvalue weighted by molar-refractivity contribution is 0.0878. The molecule has 2 heterocycles. The van der Waals surface area contributed by atoms with E-state index in [1.807, 2.05) is 43.0 Å². The number of urea groups is 2. The smallest absolute Gasteiger partial charge is 0.320 e. The molecule has 1 saturated heterocycles. The summed E-state index contributed by atoms with van der Waals surface area (Å²) in [7, 11) is 0. The van der Waals surface area contributed by atoms with Crippen LogP contribution in [0.4, 0.5) is 9.59 Å². The highest BCUT2D eigenvalue weighted by molar-refractivity contribution is 5.76. The fourth-order valence-corrected chi connectivity index (χ4v) is 3.27. The number of piperazine rings is 1. The number of carbonyl (C=O) groups excluding carboxylic acids is 2. The summed E-state index contributed by atoms with van der Waals surface area (Å²) in [6.07, 6.45) is -0.214. The van der Waals surface area contributed by atoms with Gasteiger partial charge in [0.1, 0.15) is 6.61 Å². The van der Waals surface area contributed by atoms with Crippen molar-refractivity contribution in [1.29, 1.82) is 0 Å². The van der Waals surface area contributed by atoms with Gasteiger partial charge in [-0.2, -0.15) is 0 Å². The molecule has 0 spiro atoms. The summed E-state index contributed by atoms with van der Waals surface area (Å²) in [5, 5.41) is 2.91. The zero-order valence-corrected chi connectivity index (χ0v) is 16.0. The lowest BCUT2D eigenvalue weighted by Gasteiger charge is -2.37. The molecule has 27 heavy (non-hydrogen) atoms. The van der Waals surface area contributed by atoms with Gasteiger partial charge in [-0.15, -0.1) is 0 Å². The highest BCUT2D eigenvalue weighted by Gasteiger charge is 2.27. The van der Waals surface area contributed by atoms with E-state index in [9.17, 15) is 9.59 Å². The van der Waals surface area contributed by atoms with Crippen molar-refractivity contribution >= 4 is 12.1 Å². The number of ether oxygens (including phenoxy) is 2. The van der Waals surface area contributed by atoms with Crippen LogP contribution in [0, 0.1) is 0 Å². The standard InChI is InChI=1S/C19H28N4O4/c1-3-21(4-2)19(25)23-11-9-22(10-12-23)18(24)20-13-15-14-26-16-7-5-6-8-17(16)27-15/h5-8,15H,3-4,9-14H2,1-2H3,(H,20,24)/t15-/m0/s1. The van der Waals surface area contributed by atoms with Crippen molar-refractivity contribution in [3.8, 4) is 11.5 Å². The van der Waals surface area contributed by atoms with Crippen LogP contribution in [0.5, 0.6) is 11.5 Å². The zero-order valence-electron chi connectivity index (χ0n) is 16.0. The number of carbonyl (C=O) groups is 2. The van der Waals surface area contributed by atoms with Gasteiger partial charge in [0.15, 0.2) is 17.6 Å². The lowest BCUT2D eigenvalue weighted by atomic mass is 10.2.